The molecule has 0 unspecified atom stereocenters. The molecule has 0 aromatic heterocycles. The van der Waals surface area contributed by atoms with E-state index in [4.69, 9.17) is 0 Å². The lowest BCUT2D eigenvalue weighted by Crippen LogP contribution is -2.35. The maximum absolute atomic E-state index is 3.49. The Kier molecular flexibility index (Phi) is 5.69. The van der Waals surface area contributed by atoms with E-state index in [1.807, 2.05) is 0 Å². The molecule has 1 fully saturated rings. The summed E-state index contributed by atoms with van der Waals surface area (Å²) in [5, 5.41) is 3.49. The summed E-state index contributed by atoms with van der Waals surface area (Å²) in [5.74, 6) is 0.917. The normalized spacial score (nSPS) is 22.6. The fourth-order valence-corrected chi connectivity index (χ4v) is 3.37. The van der Waals surface area contributed by atoms with Crippen LogP contribution in [0.4, 0.5) is 5.69 Å². The second-order valence-electron chi connectivity index (χ2n) is 7.18. The summed E-state index contributed by atoms with van der Waals surface area (Å²) in [5.41, 5.74) is 4.19. The highest BCUT2D eigenvalue weighted by atomic mass is 15.1. The van der Waals surface area contributed by atoms with Crippen LogP contribution in [-0.4, -0.2) is 19.1 Å². The van der Waals surface area contributed by atoms with E-state index in [2.05, 4.69) is 63.2 Å². The van der Waals surface area contributed by atoms with Crippen LogP contribution in [0.15, 0.2) is 18.2 Å². The Morgan fingerprint density at radius 2 is 1.86 bits per heavy atom. The third-order valence-corrected chi connectivity index (χ3v) is 4.89. The Bertz CT molecular complexity index is 445. The minimum Gasteiger partial charge on any atom is -0.371 e. The van der Waals surface area contributed by atoms with Crippen molar-refractivity contribution in [2.24, 2.45) is 5.92 Å². The van der Waals surface area contributed by atoms with E-state index in [0.717, 1.165) is 18.5 Å². The zero-order chi connectivity index (χ0) is 15.4. The fourth-order valence-electron chi connectivity index (χ4n) is 3.37. The number of nitrogens with zero attached hydrogens (tertiary/aromatic N) is 1. The largest absolute Gasteiger partial charge is 0.371 e. The molecule has 2 nitrogen and oxygen atoms in total. The quantitative estimate of drug-likeness (QED) is 0.857. The molecule has 0 aliphatic heterocycles. The van der Waals surface area contributed by atoms with Gasteiger partial charge in [0.2, 0.25) is 0 Å². The van der Waals surface area contributed by atoms with Gasteiger partial charge in [0.05, 0.1) is 0 Å². The van der Waals surface area contributed by atoms with Crippen LogP contribution in [0.2, 0.25) is 0 Å². The Labute approximate surface area is 130 Å². The number of aryl methyl sites for hydroxylation is 1. The minimum absolute atomic E-state index is 0.539. The van der Waals surface area contributed by atoms with Crippen LogP contribution in [0.25, 0.3) is 0 Å². The van der Waals surface area contributed by atoms with Gasteiger partial charge in [-0.15, -0.1) is 0 Å². The van der Waals surface area contributed by atoms with E-state index in [-0.39, 0.29) is 0 Å². The van der Waals surface area contributed by atoms with Crippen LogP contribution in [0.5, 0.6) is 0 Å². The molecule has 118 valence electrons. The van der Waals surface area contributed by atoms with Gasteiger partial charge >= 0.3 is 0 Å². The third kappa shape index (κ3) is 4.47. The van der Waals surface area contributed by atoms with E-state index in [0.29, 0.717) is 6.04 Å². The summed E-state index contributed by atoms with van der Waals surface area (Å²) in [6, 6.07) is 8.19. The van der Waals surface area contributed by atoms with Crippen LogP contribution in [0, 0.1) is 12.8 Å². The van der Waals surface area contributed by atoms with Crippen LogP contribution < -0.4 is 10.2 Å². The van der Waals surface area contributed by atoms with Crippen molar-refractivity contribution in [2.75, 3.05) is 11.9 Å². The van der Waals surface area contributed by atoms with E-state index in [1.165, 1.54) is 42.5 Å². The van der Waals surface area contributed by atoms with Crippen molar-refractivity contribution < 1.29 is 0 Å². The maximum Gasteiger partial charge on any atom is 0.0396 e. The second-order valence-corrected chi connectivity index (χ2v) is 7.18. The fraction of sp³-hybridized carbons (Fsp3) is 0.684. The summed E-state index contributed by atoms with van der Waals surface area (Å²) in [7, 11) is 2.27. The van der Waals surface area contributed by atoms with Gasteiger partial charge in [0, 0.05) is 31.4 Å². The van der Waals surface area contributed by atoms with Crippen LogP contribution in [0.3, 0.4) is 0 Å². The molecule has 1 aliphatic rings. The van der Waals surface area contributed by atoms with E-state index >= 15 is 0 Å². The molecule has 0 saturated heterocycles. The standard InChI is InChI=1S/C19H32N2/c1-14(2)20-13-17-8-11-19(16(4)12-17)21(5)18-9-6-15(3)7-10-18/h8,11-12,14-15,18,20H,6-7,9-10,13H2,1-5H3. The molecule has 0 radical (unpaired) electrons. The Morgan fingerprint density at radius 3 is 2.43 bits per heavy atom. The van der Waals surface area contributed by atoms with Gasteiger partial charge in [-0.25, -0.2) is 0 Å². The zero-order valence-corrected chi connectivity index (χ0v) is 14.4. The molecule has 0 bridgehead atoms. The molecule has 21 heavy (non-hydrogen) atoms. The zero-order valence-electron chi connectivity index (χ0n) is 14.4. The average Bonchev–Trinajstić information content (AvgIpc) is 2.45. The van der Waals surface area contributed by atoms with Gasteiger partial charge in [-0.1, -0.05) is 32.9 Å². The summed E-state index contributed by atoms with van der Waals surface area (Å²) < 4.78 is 0. The van der Waals surface area contributed by atoms with Crippen molar-refractivity contribution in [1.29, 1.82) is 0 Å². The lowest BCUT2D eigenvalue weighted by molar-refractivity contribution is 0.340. The Morgan fingerprint density at radius 1 is 1.19 bits per heavy atom. The monoisotopic (exact) mass is 288 g/mol. The highest BCUT2D eigenvalue weighted by Gasteiger charge is 2.22. The van der Waals surface area contributed by atoms with Crippen molar-refractivity contribution in [3.63, 3.8) is 0 Å². The molecular formula is C19H32N2. The number of nitrogens with one attached hydrogen (secondary N) is 1. The Balaban J connectivity index is 2.02. The smallest absolute Gasteiger partial charge is 0.0396 e. The lowest BCUT2D eigenvalue weighted by Gasteiger charge is -2.36. The highest BCUT2D eigenvalue weighted by Crippen LogP contribution is 2.31. The molecule has 1 aromatic carbocycles. The summed E-state index contributed by atoms with van der Waals surface area (Å²) in [6.07, 6.45) is 5.44. The molecule has 1 aromatic rings. The van der Waals surface area contributed by atoms with E-state index in [9.17, 15) is 0 Å². The molecule has 2 heteroatoms. The number of rotatable bonds is 5. The molecule has 0 atom stereocenters. The predicted molar refractivity (Wildman–Crippen MR) is 93.0 cm³/mol. The topological polar surface area (TPSA) is 15.3 Å². The van der Waals surface area contributed by atoms with Gasteiger partial charge in [0.15, 0.2) is 0 Å². The SMILES string of the molecule is Cc1cc(CNC(C)C)ccc1N(C)C1CCC(C)CC1. The summed E-state index contributed by atoms with van der Waals surface area (Å²) in [6.45, 7) is 9.98. The van der Waals surface area contributed by atoms with Crippen molar-refractivity contribution in [3.8, 4) is 0 Å². The first-order valence-electron chi connectivity index (χ1n) is 8.53. The average molecular weight is 288 g/mol. The minimum atomic E-state index is 0.539. The molecule has 1 N–H and O–H groups in total. The molecule has 0 heterocycles. The van der Waals surface area contributed by atoms with Gasteiger partial charge in [0.1, 0.15) is 0 Å². The van der Waals surface area contributed by atoms with Crippen molar-refractivity contribution >= 4 is 5.69 Å². The van der Waals surface area contributed by atoms with Crippen molar-refractivity contribution in [2.45, 2.75) is 72.0 Å². The molecule has 0 amide bonds. The molecular weight excluding hydrogens is 256 g/mol. The highest BCUT2D eigenvalue weighted by molar-refractivity contribution is 5.54. The van der Waals surface area contributed by atoms with Gasteiger partial charge in [-0.05, 0) is 55.7 Å². The van der Waals surface area contributed by atoms with E-state index < -0.39 is 0 Å². The summed E-state index contributed by atoms with van der Waals surface area (Å²) >= 11 is 0. The predicted octanol–water partition coefficient (Wildman–Crippen LogP) is 4.51. The van der Waals surface area contributed by atoms with Crippen molar-refractivity contribution in [3.05, 3.63) is 29.3 Å². The number of hydrogen-bond donors (Lipinski definition) is 1. The van der Waals surface area contributed by atoms with Gasteiger partial charge in [0.25, 0.3) is 0 Å². The number of benzene rings is 1. The van der Waals surface area contributed by atoms with Crippen molar-refractivity contribution in [1.82, 2.24) is 5.32 Å². The second kappa shape index (κ2) is 7.31. The first kappa shape index (κ1) is 16.4. The first-order chi connectivity index (χ1) is 9.97. The third-order valence-electron chi connectivity index (χ3n) is 4.89. The summed E-state index contributed by atoms with van der Waals surface area (Å²) in [4.78, 5) is 2.51. The van der Waals surface area contributed by atoms with Gasteiger partial charge in [-0.2, -0.15) is 0 Å². The van der Waals surface area contributed by atoms with Crippen LogP contribution >= 0.6 is 0 Å². The molecule has 1 aliphatic carbocycles. The molecule has 0 spiro atoms. The van der Waals surface area contributed by atoms with Crippen LogP contribution in [-0.2, 0) is 6.54 Å². The number of anilines is 1. The van der Waals surface area contributed by atoms with E-state index in [1.54, 1.807) is 0 Å². The first-order valence-corrected chi connectivity index (χ1v) is 8.53. The molecule has 1 saturated carbocycles. The van der Waals surface area contributed by atoms with Gasteiger partial charge in [-0.3, -0.25) is 0 Å². The van der Waals surface area contributed by atoms with Gasteiger partial charge < -0.3 is 10.2 Å². The number of hydrogen-bond acceptors (Lipinski definition) is 2. The maximum atomic E-state index is 3.49. The Hall–Kier alpha value is -1.02. The lowest BCUT2D eigenvalue weighted by atomic mass is 9.86. The van der Waals surface area contributed by atoms with Crippen LogP contribution in [0.1, 0.15) is 57.6 Å². The molecule has 2 rings (SSSR count).